The van der Waals surface area contributed by atoms with Gasteiger partial charge >= 0.3 is 5.97 Å². The van der Waals surface area contributed by atoms with Gasteiger partial charge in [0.25, 0.3) is 0 Å². The summed E-state index contributed by atoms with van der Waals surface area (Å²) in [6.45, 7) is 7.16. The summed E-state index contributed by atoms with van der Waals surface area (Å²) in [7, 11) is 4.04. The average Bonchev–Trinajstić information content (AvgIpc) is 3.08. The zero-order valence-electron chi connectivity index (χ0n) is 19.9. The number of carbonyl (C=O) groups excluding carboxylic acids is 1. The molecule has 5 atom stereocenters. The Morgan fingerprint density at radius 1 is 1.34 bits per heavy atom. The van der Waals surface area contributed by atoms with E-state index >= 15 is 0 Å². The van der Waals surface area contributed by atoms with Gasteiger partial charge in [0.15, 0.2) is 11.5 Å². The van der Waals surface area contributed by atoms with Gasteiger partial charge in [0, 0.05) is 31.3 Å². The van der Waals surface area contributed by atoms with Gasteiger partial charge in [0.05, 0.1) is 17.4 Å². The van der Waals surface area contributed by atoms with E-state index in [0.717, 1.165) is 37.8 Å². The molecule has 0 radical (unpaired) electrons. The lowest BCUT2D eigenvalue weighted by Gasteiger charge is -2.65. The number of nitrogens with one attached hydrogen (secondary N) is 1. The first-order chi connectivity index (χ1) is 15.1. The molecule has 5 rings (SSSR count). The summed E-state index contributed by atoms with van der Waals surface area (Å²) in [5.41, 5.74) is 1.29. The van der Waals surface area contributed by atoms with Crippen molar-refractivity contribution in [1.82, 2.24) is 10.2 Å². The highest BCUT2D eigenvalue weighted by Crippen LogP contribution is 2.66. The number of ether oxygens (including phenoxy) is 3. The van der Waals surface area contributed by atoms with Crippen molar-refractivity contribution in [2.24, 2.45) is 0 Å². The highest BCUT2D eigenvalue weighted by Gasteiger charge is 2.73. The van der Waals surface area contributed by atoms with Crippen LogP contribution in [-0.2, 0) is 26.1 Å². The van der Waals surface area contributed by atoms with Gasteiger partial charge in [-0.3, -0.25) is 4.79 Å². The van der Waals surface area contributed by atoms with Crippen LogP contribution in [0.5, 0.6) is 11.5 Å². The summed E-state index contributed by atoms with van der Waals surface area (Å²) >= 11 is 0. The predicted molar refractivity (Wildman–Crippen MR) is 120 cm³/mol. The zero-order chi connectivity index (χ0) is 22.9. The summed E-state index contributed by atoms with van der Waals surface area (Å²) in [5, 5.41) is 14.3. The molecule has 2 N–H and O–H groups in total. The highest BCUT2D eigenvalue weighted by molar-refractivity contribution is 5.70. The fraction of sp³-hybridized carbons (Fsp3) is 0.720. The standard InChI is InChI=1S/C25H36N2O5/c1-23(2,3)32-19(29)9-12-26-16-8-10-25(30-5)18-14-15-6-7-17(28)21-20(15)24(25,22(16)31-21)11-13-27(18)4/h6-7,16,18,22,26,28H,8-14H2,1-5H3/t16-,18?,22-,24?,25+/m0/s1. The van der Waals surface area contributed by atoms with Gasteiger partial charge in [0.2, 0.25) is 0 Å². The molecule has 1 spiro atoms. The predicted octanol–water partition coefficient (Wildman–Crippen LogP) is 2.52. The van der Waals surface area contributed by atoms with Gasteiger partial charge in [-0.1, -0.05) is 6.07 Å². The van der Waals surface area contributed by atoms with Crippen LogP contribution in [-0.4, -0.2) is 72.6 Å². The van der Waals surface area contributed by atoms with Crippen molar-refractivity contribution < 1.29 is 24.1 Å². The van der Waals surface area contributed by atoms with Crippen LogP contribution in [0.15, 0.2) is 12.1 Å². The Kier molecular flexibility index (Phi) is 5.04. The lowest BCUT2D eigenvalue weighted by atomic mass is 9.48. The third-order valence-corrected chi connectivity index (χ3v) is 8.21. The fourth-order valence-corrected chi connectivity index (χ4v) is 7.10. The molecule has 2 fully saturated rings. The van der Waals surface area contributed by atoms with Crippen LogP contribution in [0, 0.1) is 0 Å². The molecule has 2 aliphatic carbocycles. The molecule has 2 unspecified atom stereocenters. The number of likely N-dealkylation sites (N-methyl/N-ethyl adjacent to an activating group) is 1. The zero-order valence-corrected chi connectivity index (χ0v) is 19.9. The normalized spacial score (nSPS) is 35.2. The van der Waals surface area contributed by atoms with Crippen molar-refractivity contribution in [3.8, 4) is 11.5 Å². The van der Waals surface area contributed by atoms with Crippen molar-refractivity contribution >= 4 is 5.97 Å². The van der Waals surface area contributed by atoms with Crippen molar-refractivity contribution in [2.45, 2.75) is 87.7 Å². The number of methoxy groups -OCH3 is 1. The summed E-state index contributed by atoms with van der Waals surface area (Å²) < 4.78 is 18.5. The molecule has 1 saturated heterocycles. The Hall–Kier alpha value is -1.83. The van der Waals surface area contributed by atoms with Gasteiger partial charge in [-0.25, -0.2) is 0 Å². The third kappa shape index (κ3) is 2.94. The molecular formula is C25H36N2O5. The van der Waals surface area contributed by atoms with E-state index in [2.05, 4.69) is 23.3 Å². The number of benzene rings is 1. The van der Waals surface area contributed by atoms with E-state index in [4.69, 9.17) is 14.2 Å². The van der Waals surface area contributed by atoms with E-state index in [-0.39, 0.29) is 40.9 Å². The van der Waals surface area contributed by atoms with Gasteiger partial charge in [-0.2, -0.15) is 0 Å². The van der Waals surface area contributed by atoms with E-state index < -0.39 is 5.60 Å². The maximum Gasteiger partial charge on any atom is 0.307 e. The summed E-state index contributed by atoms with van der Waals surface area (Å²) in [4.78, 5) is 14.7. The SMILES string of the molecule is CO[C@@]12CC[C@H](NCCC(=O)OC(C)(C)C)[C@@H]3Oc4c(O)ccc5c4C31CCN(C)C2C5. The number of rotatable bonds is 5. The van der Waals surface area contributed by atoms with Gasteiger partial charge in [-0.15, -0.1) is 0 Å². The van der Waals surface area contributed by atoms with Crippen LogP contribution in [0.25, 0.3) is 0 Å². The number of hydrogen-bond donors (Lipinski definition) is 2. The number of likely N-dealkylation sites (tertiary alicyclic amines) is 1. The number of phenols is 1. The second kappa shape index (κ2) is 7.34. The maximum atomic E-state index is 12.2. The minimum Gasteiger partial charge on any atom is -0.504 e. The molecule has 0 amide bonds. The van der Waals surface area contributed by atoms with E-state index in [1.165, 1.54) is 5.56 Å². The van der Waals surface area contributed by atoms with Gasteiger partial charge in [0.1, 0.15) is 11.7 Å². The maximum absolute atomic E-state index is 12.2. The topological polar surface area (TPSA) is 80.3 Å². The van der Waals surface area contributed by atoms with Gasteiger partial charge in [-0.05, 0) is 71.7 Å². The Balaban J connectivity index is 1.46. The molecule has 2 aliphatic heterocycles. The first-order valence-electron chi connectivity index (χ1n) is 11.9. The first kappa shape index (κ1) is 22.0. The van der Waals surface area contributed by atoms with Gasteiger partial charge < -0.3 is 29.5 Å². The highest BCUT2D eigenvalue weighted by atomic mass is 16.6. The Morgan fingerprint density at radius 3 is 2.84 bits per heavy atom. The summed E-state index contributed by atoms with van der Waals surface area (Å²) in [6.07, 6.45) is 3.80. The quantitative estimate of drug-likeness (QED) is 0.676. The average molecular weight is 445 g/mol. The molecule has 1 aromatic carbocycles. The molecule has 0 aromatic heterocycles. The molecule has 4 aliphatic rings. The van der Waals surface area contributed by atoms with Crippen molar-refractivity contribution in [1.29, 1.82) is 0 Å². The number of nitrogens with zero attached hydrogens (tertiary/aromatic N) is 1. The van der Waals surface area contributed by atoms with Crippen LogP contribution in [0.3, 0.4) is 0 Å². The largest absolute Gasteiger partial charge is 0.504 e. The number of hydrogen-bond acceptors (Lipinski definition) is 7. The van der Waals surface area contributed by atoms with Crippen LogP contribution in [0.2, 0.25) is 0 Å². The smallest absolute Gasteiger partial charge is 0.307 e. The second-order valence-corrected chi connectivity index (χ2v) is 10.9. The monoisotopic (exact) mass is 444 g/mol. The fourth-order valence-electron chi connectivity index (χ4n) is 7.10. The van der Waals surface area contributed by atoms with E-state index in [9.17, 15) is 9.90 Å². The van der Waals surface area contributed by atoms with Crippen molar-refractivity contribution in [3.63, 3.8) is 0 Å². The summed E-state index contributed by atoms with van der Waals surface area (Å²) in [6, 6.07) is 4.18. The molecule has 7 nitrogen and oxygen atoms in total. The molecule has 7 heteroatoms. The molecule has 1 saturated carbocycles. The number of esters is 1. The lowest BCUT2D eigenvalue weighted by molar-refractivity contribution is -0.203. The Morgan fingerprint density at radius 2 is 2.12 bits per heavy atom. The third-order valence-electron chi connectivity index (χ3n) is 8.21. The van der Waals surface area contributed by atoms with E-state index in [0.29, 0.717) is 18.7 Å². The number of aromatic hydroxyl groups is 1. The molecule has 2 heterocycles. The Bertz CT molecular complexity index is 928. The minimum absolute atomic E-state index is 0.0718. The van der Waals surface area contributed by atoms with Crippen LogP contribution in [0.1, 0.15) is 57.6 Å². The summed E-state index contributed by atoms with van der Waals surface area (Å²) in [5.74, 6) is 0.651. The van der Waals surface area contributed by atoms with Crippen LogP contribution < -0.4 is 10.1 Å². The van der Waals surface area contributed by atoms with Crippen molar-refractivity contribution in [3.05, 3.63) is 23.3 Å². The van der Waals surface area contributed by atoms with Crippen LogP contribution >= 0.6 is 0 Å². The number of piperidine rings is 1. The Labute approximate surface area is 190 Å². The number of phenolic OH excluding ortho intramolecular Hbond substituents is 1. The van der Waals surface area contributed by atoms with Crippen molar-refractivity contribution in [2.75, 3.05) is 27.2 Å². The van der Waals surface area contributed by atoms with E-state index in [1.807, 2.05) is 27.9 Å². The minimum atomic E-state index is -0.478. The lowest BCUT2D eigenvalue weighted by Crippen LogP contribution is -2.78. The van der Waals surface area contributed by atoms with Crippen LogP contribution in [0.4, 0.5) is 0 Å². The van der Waals surface area contributed by atoms with E-state index in [1.54, 1.807) is 6.07 Å². The second-order valence-electron chi connectivity index (χ2n) is 10.9. The number of carbonyl (C=O) groups is 1. The first-order valence-corrected chi connectivity index (χ1v) is 11.9. The molecule has 176 valence electrons. The molecule has 1 aromatic rings. The molecule has 32 heavy (non-hydrogen) atoms. The molecule has 2 bridgehead atoms. The molecular weight excluding hydrogens is 408 g/mol.